The van der Waals surface area contributed by atoms with Crippen LogP contribution in [0.15, 0.2) is 6.33 Å². The van der Waals surface area contributed by atoms with Gasteiger partial charge in [-0.15, -0.1) is 0 Å². The maximum absolute atomic E-state index is 12.0. The molecule has 1 heterocycles. The van der Waals surface area contributed by atoms with Gasteiger partial charge in [0, 0.05) is 7.05 Å². The Hall–Kier alpha value is -1.16. The number of hydrogen-bond acceptors (Lipinski definition) is 4. The van der Waals surface area contributed by atoms with Crippen LogP contribution >= 0.6 is 0 Å². The van der Waals surface area contributed by atoms with Gasteiger partial charge in [-0.3, -0.25) is 5.10 Å². The highest BCUT2D eigenvalue weighted by Gasteiger charge is 2.48. The molecule has 0 aromatic carbocycles. The zero-order valence-corrected chi connectivity index (χ0v) is 8.30. The third-order valence-electron chi connectivity index (χ3n) is 1.54. The van der Waals surface area contributed by atoms with Crippen LogP contribution in [-0.4, -0.2) is 40.5 Å². The summed E-state index contributed by atoms with van der Waals surface area (Å²) in [6.45, 7) is -0.512. The van der Waals surface area contributed by atoms with E-state index in [0.29, 0.717) is 0 Å². The van der Waals surface area contributed by atoms with Crippen molar-refractivity contribution in [2.45, 2.75) is 12.1 Å². The molecule has 1 aromatic heterocycles. The first kappa shape index (κ1) is 11.9. The zero-order chi connectivity index (χ0) is 11.7. The normalized spacial score (nSPS) is 13.4. The van der Waals surface area contributed by atoms with Crippen LogP contribution in [-0.2, 0) is 16.6 Å². The molecule has 0 spiro atoms. The highest BCUT2D eigenvalue weighted by molar-refractivity contribution is 7.89. The van der Waals surface area contributed by atoms with Gasteiger partial charge in [-0.05, 0) is 0 Å². The summed E-state index contributed by atoms with van der Waals surface area (Å²) in [5.74, 6) is 0.0327. The predicted molar refractivity (Wildman–Crippen MR) is 42.8 cm³/mol. The third-order valence-corrected chi connectivity index (χ3v) is 3.07. The fourth-order valence-electron chi connectivity index (χ4n) is 0.780. The van der Waals surface area contributed by atoms with Crippen LogP contribution in [0.1, 0.15) is 5.82 Å². The Morgan fingerprint density at radius 3 is 2.53 bits per heavy atom. The number of nitrogens with one attached hydrogen (secondary N) is 1. The minimum Gasteiger partial charge on any atom is -0.262 e. The van der Waals surface area contributed by atoms with E-state index >= 15 is 0 Å². The number of alkyl halides is 3. The average molecular weight is 244 g/mol. The number of hydrogen-bond donors (Lipinski definition) is 1. The Bertz CT molecular complexity index is 412. The van der Waals surface area contributed by atoms with Crippen molar-refractivity contribution in [1.29, 1.82) is 0 Å². The molecule has 1 N–H and O–H groups in total. The van der Waals surface area contributed by atoms with Crippen molar-refractivity contribution in [3.8, 4) is 0 Å². The van der Waals surface area contributed by atoms with E-state index in [1.807, 2.05) is 0 Å². The minimum absolute atomic E-state index is 0.0327. The van der Waals surface area contributed by atoms with Gasteiger partial charge in [-0.2, -0.15) is 22.6 Å². The third kappa shape index (κ3) is 2.45. The lowest BCUT2D eigenvalue weighted by Gasteiger charge is -2.17. The van der Waals surface area contributed by atoms with E-state index in [9.17, 15) is 21.6 Å². The number of rotatable bonds is 3. The molecule has 1 aromatic rings. The summed E-state index contributed by atoms with van der Waals surface area (Å²) in [7, 11) is -4.50. The van der Waals surface area contributed by atoms with Crippen molar-refractivity contribution in [3.05, 3.63) is 12.2 Å². The van der Waals surface area contributed by atoms with E-state index in [1.54, 1.807) is 0 Å². The Kier molecular flexibility index (Phi) is 3.00. The molecule has 0 saturated carbocycles. The summed E-state index contributed by atoms with van der Waals surface area (Å²) in [5.41, 5.74) is -5.30. The number of aromatic nitrogens is 3. The molecule has 0 amide bonds. The van der Waals surface area contributed by atoms with Crippen LogP contribution in [0.4, 0.5) is 13.2 Å². The molecule has 1 rings (SSSR count). The maximum Gasteiger partial charge on any atom is 0.511 e. The molecule has 0 aliphatic heterocycles. The van der Waals surface area contributed by atoms with E-state index in [1.165, 1.54) is 0 Å². The molecule has 0 atom stereocenters. The Morgan fingerprint density at radius 2 is 2.13 bits per heavy atom. The van der Waals surface area contributed by atoms with Gasteiger partial charge >= 0.3 is 15.5 Å². The smallest absolute Gasteiger partial charge is 0.262 e. The summed E-state index contributed by atoms with van der Waals surface area (Å²) >= 11 is 0. The molecular weight excluding hydrogens is 237 g/mol. The van der Waals surface area contributed by atoms with Crippen molar-refractivity contribution in [1.82, 2.24) is 19.5 Å². The highest BCUT2D eigenvalue weighted by atomic mass is 32.2. The second kappa shape index (κ2) is 3.77. The molecule has 0 aliphatic carbocycles. The van der Waals surface area contributed by atoms with Gasteiger partial charge in [-0.25, -0.2) is 13.4 Å². The molecule has 86 valence electrons. The lowest BCUT2D eigenvalue weighted by molar-refractivity contribution is -0.0484. The molecule has 6 nitrogen and oxygen atoms in total. The Morgan fingerprint density at radius 1 is 1.53 bits per heavy atom. The van der Waals surface area contributed by atoms with Gasteiger partial charge in [0.1, 0.15) is 12.2 Å². The molecule has 0 bridgehead atoms. The number of halogens is 3. The minimum atomic E-state index is -5.31. The van der Waals surface area contributed by atoms with E-state index in [2.05, 4.69) is 15.2 Å². The topological polar surface area (TPSA) is 79.0 Å². The first-order valence-electron chi connectivity index (χ1n) is 3.62. The second-order valence-electron chi connectivity index (χ2n) is 2.64. The fraction of sp³-hybridized carbons (Fsp3) is 0.600. The van der Waals surface area contributed by atoms with Crippen LogP contribution < -0.4 is 0 Å². The predicted octanol–water partition coefficient (Wildman–Crippen LogP) is 0.0861. The van der Waals surface area contributed by atoms with E-state index in [-0.39, 0.29) is 10.1 Å². The fourth-order valence-corrected chi connectivity index (χ4v) is 1.43. The largest absolute Gasteiger partial charge is 0.511 e. The van der Waals surface area contributed by atoms with E-state index < -0.39 is 22.1 Å². The lowest BCUT2D eigenvalue weighted by Crippen LogP contribution is -2.37. The molecular formula is C5H7F3N4O2S. The van der Waals surface area contributed by atoms with E-state index in [4.69, 9.17) is 0 Å². The Labute approximate surface area is 83.2 Å². The summed E-state index contributed by atoms with van der Waals surface area (Å²) in [6, 6.07) is 0. The SMILES string of the molecule is CN(Cc1ncn[nH]1)S(=O)(=O)C(F)(F)F. The molecule has 0 radical (unpaired) electrons. The molecule has 10 heteroatoms. The molecule has 0 unspecified atom stereocenters. The number of nitrogens with zero attached hydrogens (tertiary/aromatic N) is 3. The van der Waals surface area contributed by atoms with Crippen LogP contribution in [0.2, 0.25) is 0 Å². The first-order chi connectivity index (χ1) is 6.75. The molecule has 15 heavy (non-hydrogen) atoms. The van der Waals surface area contributed by atoms with Crippen molar-refractivity contribution in [3.63, 3.8) is 0 Å². The van der Waals surface area contributed by atoms with Gasteiger partial charge < -0.3 is 0 Å². The van der Waals surface area contributed by atoms with Gasteiger partial charge in [0.25, 0.3) is 0 Å². The number of aromatic amines is 1. The zero-order valence-electron chi connectivity index (χ0n) is 7.48. The summed E-state index contributed by atoms with van der Waals surface area (Å²) in [6.07, 6.45) is 1.07. The highest BCUT2D eigenvalue weighted by Crippen LogP contribution is 2.26. The monoisotopic (exact) mass is 244 g/mol. The van der Waals surface area contributed by atoms with Crippen LogP contribution in [0, 0.1) is 0 Å². The van der Waals surface area contributed by atoms with Crippen LogP contribution in [0.5, 0.6) is 0 Å². The first-order valence-corrected chi connectivity index (χ1v) is 5.06. The van der Waals surface area contributed by atoms with E-state index in [0.717, 1.165) is 13.4 Å². The maximum atomic E-state index is 12.0. The van der Waals surface area contributed by atoms with Crippen LogP contribution in [0.25, 0.3) is 0 Å². The van der Waals surface area contributed by atoms with Crippen molar-refractivity contribution >= 4 is 10.0 Å². The summed E-state index contributed by atoms with van der Waals surface area (Å²) in [4.78, 5) is 3.51. The molecule has 0 saturated heterocycles. The van der Waals surface area contributed by atoms with Gasteiger partial charge in [0.2, 0.25) is 0 Å². The molecule has 0 aliphatic rings. The number of sulfonamides is 1. The van der Waals surface area contributed by atoms with Gasteiger partial charge in [0.15, 0.2) is 0 Å². The van der Waals surface area contributed by atoms with Crippen LogP contribution in [0.3, 0.4) is 0 Å². The Balaban J connectivity index is 2.82. The number of H-pyrrole nitrogens is 1. The second-order valence-corrected chi connectivity index (χ2v) is 4.68. The lowest BCUT2D eigenvalue weighted by atomic mass is 10.6. The quantitative estimate of drug-likeness (QED) is 0.817. The standard InChI is InChI=1S/C5H7F3N4O2S/c1-12(2-4-9-3-10-11-4)15(13,14)5(6,7)8/h3H,2H2,1H3,(H,9,10,11). The van der Waals surface area contributed by atoms with Crippen molar-refractivity contribution in [2.75, 3.05) is 7.05 Å². The van der Waals surface area contributed by atoms with Gasteiger partial charge in [-0.1, -0.05) is 0 Å². The average Bonchev–Trinajstić information content (AvgIpc) is 2.54. The van der Waals surface area contributed by atoms with Gasteiger partial charge in [0.05, 0.1) is 6.54 Å². The van der Waals surface area contributed by atoms with Crippen molar-refractivity contribution < 1.29 is 21.6 Å². The molecule has 0 fully saturated rings. The summed E-state index contributed by atoms with van der Waals surface area (Å²) < 4.78 is 57.9. The summed E-state index contributed by atoms with van der Waals surface area (Å²) in [5, 5.41) is 5.64. The van der Waals surface area contributed by atoms with Crippen molar-refractivity contribution in [2.24, 2.45) is 0 Å².